The Balaban J connectivity index is 2.44. The van der Waals surface area contributed by atoms with Gasteiger partial charge in [-0.3, -0.25) is 9.78 Å². The first kappa shape index (κ1) is 11.9. The lowest BCUT2D eigenvalue weighted by Gasteiger charge is -2.12. The first-order valence-corrected chi connectivity index (χ1v) is 5.91. The minimum Gasteiger partial charge on any atom is -0.480 e. The molecule has 0 saturated heterocycles. The maximum Gasteiger partial charge on any atom is 0.325 e. The first-order chi connectivity index (χ1) is 8.08. The van der Waals surface area contributed by atoms with E-state index in [1.165, 1.54) is 0 Å². The van der Waals surface area contributed by atoms with Crippen LogP contribution in [0.1, 0.15) is 6.92 Å². The molecule has 0 aliphatic heterocycles. The smallest absolute Gasteiger partial charge is 0.325 e. The fourth-order valence-corrected chi connectivity index (χ4v) is 1.89. The molecule has 5 heteroatoms. The van der Waals surface area contributed by atoms with Crippen LogP contribution >= 0.6 is 15.9 Å². The van der Waals surface area contributed by atoms with Gasteiger partial charge in [0.05, 0.1) is 11.2 Å². The average Bonchev–Trinajstić information content (AvgIpc) is 2.28. The van der Waals surface area contributed by atoms with E-state index >= 15 is 0 Å². The van der Waals surface area contributed by atoms with Crippen molar-refractivity contribution in [2.75, 3.05) is 5.32 Å². The van der Waals surface area contributed by atoms with Gasteiger partial charge in [0.15, 0.2) is 0 Å². The molecule has 1 unspecified atom stereocenters. The van der Waals surface area contributed by atoms with Crippen LogP contribution < -0.4 is 5.32 Å². The molecule has 88 valence electrons. The van der Waals surface area contributed by atoms with E-state index in [0.717, 1.165) is 21.1 Å². The summed E-state index contributed by atoms with van der Waals surface area (Å²) in [7, 11) is 0. The molecular weight excluding hydrogens is 284 g/mol. The molecule has 0 radical (unpaired) electrons. The van der Waals surface area contributed by atoms with E-state index in [-0.39, 0.29) is 0 Å². The molecule has 0 aliphatic carbocycles. The van der Waals surface area contributed by atoms with Crippen molar-refractivity contribution in [1.29, 1.82) is 0 Å². The monoisotopic (exact) mass is 294 g/mol. The number of carboxylic acid groups (broad SMARTS) is 1. The van der Waals surface area contributed by atoms with Crippen molar-refractivity contribution < 1.29 is 9.90 Å². The number of hydrogen-bond acceptors (Lipinski definition) is 3. The molecule has 1 heterocycles. The largest absolute Gasteiger partial charge is 0.480 e. The summed E-state index contributed by atoms with van der Waals surface area (Å²) in [4.78, 5) is 15.1. The van der Waals surface area contributed by atoms with Gasteiger partial charge in [-0.05, 0) is 35.0 Å². The number of fused-ring (bicyclic) bond motifs is 1. The summed E-state index contributed by atoms with van der Waals surface area (Å²) in [5.74, 6) is -0.890. The van der Waals surface area contributed by atoms with Crippen molar-refractivity contribution in [3.05, 3.63) is 34.9 Å². The minimum absolute atomic E-state index is 0.647. The fourth-order valence-electron chi connectivity index (χ4n) is 1.55. The number of carbonyl (C=O) groups is 1. The van der Waals surface area contributed by atoms with Gasteiger partial charge < -0.3 is 10.4 Å². The molecule has 4 nitrogen and oxygen atoms in total. The summed E-state index contributed by atoms with van der Waals surface area (Å²) < 4.78 is 0.897. The Morgan fingerprint density at radius 2 is 2.29 bits per heavy atom. The van der Waals surface area contributed by atoms with E-state index in [9.17, 15) is 4.79 Å². The normalized spacial score (nSPS) is 12.4. The zero-order valence-corrected chi connectivity index (χ0v) is 10.7. The SMILES string of the molecule is CC(Nc1cccc2cc(Br)cnc12)C(=O)O. The molecule has 0 amide bonds. The molecule has 2 N–H and O–H groups in total. The van der Waals surface area contributed by atoms with Gasteiger partial charge in [-0.2, -0.15) is 0 Å². The highest BCUT2D eigenvalue weighted by Gasteiger charge is 2.12. The number of halogens is 1. The van der Waals surface area contributed by atoms with Crippen LogP contribution in [0.3, 0.4) is 0 Å². The molecular formula is C12H11BrN2O2. The Bertz CT molecular complexity index is 571. The number of benzene rings is 1. The van der Waals surface area contributed by atoms with Crippen LogP contribution in [-0.2, 0) is 4.79 Å². The van der Waals surface area contributed by atoms with Gasteiger partial charge in [0, 0.05) is 16.1 Å². The Kier molecular flexibility index (Phi) is 3.28. The third-order valence-electron chi connectivity index (χ3n) is 2.42. The van der Waals surface area contributed by atoms with Gasteiger partial charge in [-0.1, -0.05) is 12.1 Å². The van der Waals surface area contributed by atoms with Gasteiger partial charge >= 0.3 is 5.97 Å². The summed E-state index contributed by atoms with van der Waals surface area (Å²) in [5.41, 5.74) is 1.49. The number of aliphatic carboxylic acids is 1. The van der Waals surface area contributed by atoms with Gasteiger partial charge in [0.1, 0.15) is 6.04 Å². The second-order valence-corrected chi connectivity index (χ2v) is 4.65. The first-order valence-electron chi connectivity index (χ1n) is 5.11. The van der Waals surface area contributed by atoms with Gasteiger partial charge in [0.2, 0.25) is 0 Å². The van der Waals surface area contributed by atoms with E-state index in [1.54, 1.807) is 13.1 Å². The summed E-state index contributed by atoms with van der Waals surface area (Å²) in [6, 6.07) is 6.92. The zero-order valence-electron chi connectivity index (χ0n) is 9.14. The lowest BCUT2D eigenvalue weighted by atomic mass is 10.2. The van der Waals surface area contributed by atoms with E-state index in [2.05, 4.69) is 26.2 Å². The summed E-state index contributed by atoms with van der Waals surface area (Å²) in [5, 5.41) is 12.8. The number of rotatable bonds is 3. The van der Waals surface area contributed by atoms with Crippen molar-refractivity contribution >= 4 is 38.5 Å². The molecule has 1 aromatic heterocycles. The summed E-state index contributed by atoms with van der Waals surface area (Å²) in [6.45, 7) is 1.60. The highest BCUT2D eigenvalue weighted by Crippen LogP contribution is 2.24. The van der Waals surface area contributed by atoms with Crippen LogP contribution in [0.2, 0.25) is 0 Å². The Labute approximate surface area is 107 Å². The highest BCUT2D eigenvalue weighted by atomic mass is 79.9. The number of pyridine rings is 1. The average molecular weight is 295 g/mol. The van der Waals surface area contributed by atoms with Gasteiger partial charge in [-0.15, -0.1) is 0 Å². The second-order valence-electron chi connectivity index (χ2n) is 3.74. The van der Waals surface area contributed by atoms with Crippen molar-refractivity contribution in [1.82, 2.24) is 4.98 Å². The molecule has 2 rings (SSSR count). The molecule has 1 atom stereocenters. The molecule has 0 fully saturated rings. The third-order valence-corrected chi connectivity index (χ3v) is 2.85. The lowest BCUT2D eigenvalue weighted by molar-refractivity contribution is -0.137. The molecule has 0 aliphatic rings. The number of para-hydroxylation sites is 1. The number of nitrogens with zero attached hydrogens (tertiary/aromatic N) is 1. The van der Waals surface area contributed by atoms with Crippen molar-refractivity contribution in [2.24, 2.45) is 0 Å². The topological polar surface area (TPSA) is 62.2 Å². The van der Waals surface area contributed by atoms with Crippen LogP contribution in [-0.4, -0.2) is 22.1 Å². The van der Waals surface area contributed by atoms with Crippen LogP contribution in [0.5, 0.6) is 0 Å². The molecule has 17 heavy (non-hydrogen) atoms. The van der Waals surface area contributed by atoms with Crippen LogP contribution in [0.25, 0.3) is 10.9 Å². The maximum absolute atomic E-state index is 10.8. The van der Waals surface area contributed by atoms with E-state index in [0.29, 0.717) is 0 Å². The quantitative estimate of drug-likeness (QED) is 0.914. The predicted molar refractivity (Wildman–Crippen MR) is 70.2 cm³/mol. The van der Waals surface area contributed by atoms with Crippen LogP contribution in [0.4, 0.5) is 5.69 Å². The van der Waals surface area contributed by atoms with E-state index in [4.69, 9.17) is 5.11 Å². The number of anilines is 1. The lowest BCUT2D eigenvalue weighted by Crippen LogP contribution is -2.25. The number of nitrogens with one attached hydrogen (secondary N) is 1. The molecule has 0 bridgehead atoms. The second kappa shape index (κ2) is 4.71. The molecule has 2 aromatic rings. The van der Waals surface area contributed by atoms with Crippen molar-refractivity contribution in [2.45, 2.75) is 13.0 Å². The van der Waals surface area contributed by atoms with Gasteiger partial charge in [0.25, 0.3) is 0 Å². The zero-order chi connectivity index (χ0) is 12.4. The summed E-state index contributed by atoms with van der Waals surface area (Å²) in [6.07, 6.45) is 1.69. The van der Waals surface area contributed by atoms with Crippen molar-refractivity contribution in [3.8, 4) is 0 Å². The molecule has 1 aromatic carbocycles. The fraction of sp³-hybridized carbons (Fsp3) is 0.167. The predicted octanol–water partition coefficient (Wildman–Crippen LogP) is 2.88. The van der Waals surface area contributed by atoms with Crippen LogP contribution in [0.15, 0.2) is 34.9 Å². The van der Waals surface area contributed by atoms with E-state index in [1.807, 2.05) is 24.3 Å². The van der Waals surface area contributed by atoms with Crippen molar-refractivity contribution in [3.63, 3.8) is 0 Å². The third kappa shape index (κ3) is 2.55. The van der Waals surface area contributed by atoms with Gasteiger partial charge in [-0.25, -0.2) is 0 Å². The number of carboxylic acids is 1. The summed E-state index contributed by atoms with van der Waals surface area (Å²) >= 11 is 3.35. The Morgan fingerprint density at radius 1 is 1.53 bits per heavy atom. The van der Waals surface area contributed by atoms with Crippen LogP contribution in [0, 0.1) is 0 Å². The minimum atomic E-state index is -0.890. The maximum atomic E-state index is 10.8. The Morgan fingerprint density at radius 3 is 3.00 bits per heavy atom. The molecule has 0 spiro atoms. The molecule has 0 saturated carbocycles. The standard InChI is InChI=1S/C12H11BrN2O2/c1-7(12(16)17)15-10-4-2-3-8-5-9(13)6-14-11(8)10/h2-7,15H,1H3,(H,16,17). The van der Waals surface area contributed by atoms with E-state index < -0.39 is 12.0 Å². The number of aromatic nitrogens is 1. The highest BCUT2D eigenvalue weighted by molar-refractivity contribution is 9.10. The Hall–Kier alpha value is -1.62. The number of hydrogen-bond donors (Lipinski definition) is 2.